The maximum absolute atomic E-state index is 12.9. The molecule has 0 radical (unpaired) electrons. The van der Waals surface area contributed by atoms with E-state index in [4.69, 9.17) is 4.74 Å². The summed E-state index contributed by atoms with van der Waals surface area (Å²) < 4.78 is 5.42. The summed E-state index contributed by atoms with van der Waals surface area (Å²) >= 11 is 0. The maximum atomic E-state index is 12.9. The van der Waals surface area contributed by atoms with Crippen LogP contribution in [0.5, 0.6) is 0 Å². The van der Waals surface area contributed by atoms with Crippen LogP contribution in [-0.4, -0.2) is 72.6 Å². The Morgan fingerprint density at radius 2 is 1.80 bits per heavy atom. The lowest BCUT2D eigenvalue weighted by molar-refractivity contribution is -0.136. The van der Waals surface area contributed by atoms with Crippen molar-refractivity contribution in [1.82, 2.24) is 20.4 Å². The van der Waals surface area contributed by atoms with E-state index in [1.165, 1.54) is 0 Å². The Bertz CT molecular complexity index is 773. The van der Waals surface area contributed by atoms with E-state index < -0.39 is 11.6 Å². The zero-order valence-corrected chi connectivity index (χ0v) is 17.3. The quantitative estimate of drug-likeness (QED) is 0.688. The summed E-state index contributed by atoms with van der Waals surface area (Å²) in [6, 6.07) is 9.11. The van der Waals surface area contributed by atoms with Crippen LogP contribution in [0.2, 0.25) is 0 Å². The predicted molar refractivity (Wildman–Crippen MR) is 111 cm³/mol. The van der Waals surface area contributed by atoms with Gasteiger partial charge in [-0.2, -0.15) is 0 Å². The van der Waals surface area contributed by atoms with Gasteiger partial charge in [-0.1, -0.05) is 49.6 Å². The van der Waals surface area contributed by atoms with Crippen molar-refractivity contribution in [3.05, 3.63) is 35.9 Å². The Morgan fingerprint density at radius 1 is 1.10 bits per heavy atom. The van der Waals surface area contributed by atoms with Crippen molar-refractivity contribution >= 4 is 17.8 Å². The van der Waals surface area contributed by atoms with E-state index >= 15 is 0 Å². The third-order valence-corrected chi connectivity index (χ3v) is 6.34. The van der Waals surface area contributed by atoms with Crippen molar-refractivity contribution in [2.24, 2.45) is 0 Å². The number of imide groups is 1. The highest BCUT2D eigenvalue weighted by Crippen LogP contribution is 2.33. The molecule has 1 spiro atoms. The molecule has 8 nitrogen and oxygen atoms in total. The number of carbonyl (C=O) groups excluding carboxylic acids is 3. The van der Waals surface area contributed by atoms with Gasteiger partial charge in [0.1, 0.15) is 12.1 Å². The van der Waals surface area contributed by atoms with Crippen LogP contribution in [0.25, 0.3) is 0 Å². The summed E-state index contributed by atoms with van der Waals surface area (Å²) in [6.45, 7) is 3.39. The number of morpholine rings is 1. The van der Waals surface area contributed by atoms with Gasteiger partial charge in [-0.3, -0.25) is 19.4 Å². The van der Waals surface area contributed by atoms with Gasteiger partial charge in [0.25, 0.3) is 5.91 Å². The average molecular weight is 415 g/mol. The number of hydrogen-bond donors (Lipinski definition) is 2. The summed E-state index contributed by atoms with van der Waals surface area (Å²) in [7, 11) is 0. The molecule has 8 heteroatoms. The van der Waals surface area contributed by atoms with Crippen LogP contribution in [0.15, 0.2) is 30.3 Å². The Labute approximate surface area is 176 Å². The second-order valence-electron chi connectivity index (χ2n) is 8.41. The first kappa shape index (κ1) is 20.8. The van der Waals surface area contributed by atoms with E-state index in [-0.39, 0.29) is 24.4 Å². The molecule has 1 atom stereocenters. The highest BCUT2D eigenvalue weighted by atomic mass is 16.5. The van der Waals surface area contributed by atoms with Crippen LogP contribution >= 0.6 is 0 Å². The van der Waals surface area contributed by atoms with E-state index in [1.807, 2.05) is 30.3 Å². The van der Waals surface area contributed by atoms with Crippen LogP contribution in [0.1, 0.15) is 43.7 Å². The first-order valence-electron chi connectivity index (χ1n) is 10.9. The second kappa shape index (κ2) is 9.14. The van der Waals surface area contributed by atoms with Gasteiger partial charge in [0, 0.05) is 19.6 Å². The monoisotopic (exact) mass is 414 g/mol. The molecule has 2 aliphatic heterocycles. The Kier molecular flexibility index (Phi) is 6.34. The number of rotatable bonds is 6. The molecule has 2 N–H and O–H groups in total. The molecule has 4 amide bonds. The van der Waals surface area contributed by atoms with Crippen LogP contribution < -0.4 is 10.6 Å². The van der Waals surface area contributed by atoms with E-state index in [0.717, 1.165) is 42.8 Å². The molecule has 1 aromatic rings. The smallest absolute Gasteiger partial charge is 0.325 e. The van der Waals surface area contributed by atoms with Gasteiger partial charge in [0.05, 0.1) is 19.3 Å². The number of urea groups is 1. The van der Waals surface area contributed by atoms with Gasteiger partial charge >= 0.3 is 6.03 Å². The molecule has 3 fully saturated rings. The molecule has 2 heterocycles. The lowest BCUT2D eigenvalue weighted by atomic mass is 9.82. The highest BCUT2D eigenvalue weighted by molar-refractivity contribution is 6.09. The van der Waals surface area contributed by atoms with Crippen LogP contribution in [-0.2, 0) is 14.3 Å². The summed E-state index contributed by atoms with van der Waals surface area (Å²) in [4.78, 5) is 41.6. The molecule has 1 aromatic carbocycles. The number of amides is 4. The number of ether oxygens (including phenoxy) is 1. The number of nitrogens with one attached hydrogen (secondary N) is 2. The average Bonchev–Trinajstić information content (AvgIpc) is 2.99. The van der Waals surface area contributed by atoms with Crippen molar-refractivity contribution < 1.29 is 19.1 Å². The maximum Gasteiger partial charge on any atom is 0.325 e. The number of carbonyl (C=O) groups is 3. The van der Waals surface area contributed by atoms with Crippen LogP contribution in [0, 0.1) is 0 Å². The largest absolute Gasteiger partial charge is 0.379 e. The van der Waals surface area contributed by atoms with E-state index in [2.05, 4.69) is 15.5 Å². The zero-order chi connectivity index (χ0) is 21.0. The molecular weight excluding hydrogens is 384 g/mol. The molecule has 2 saturated heterocycles. The first-order chi connectivity index (χ1) is 14.6. The number of benzene rings is 1. The van der Waals surface area contributed by atoms with Crippen molar-refractivity contribution in [2.75, 3.05) is 39.4 Å². The van der Waals surface area contributed by atoms with Crippen molar-refractivity contribution in [1.29, 1.82) is 0 Å². The van der Waals surface area contributed by atoms with Gasteiger partial charge in [-0.15, -0.1) is 0 Å². The number of nitrogens with zero attached hydrogens (tertiary/aromatic N) is 2. The summed E-state index contributed by atoms with van der Waals surface area (Å²) in [6.07, 6.45) is 4.22. The molecular formula is C22H30N4O4. The van der Waals surface area contributed by atoms with Crippen molar-refractivity contribution in [2.45, 2.75) is 43.7 Å². The fraction of sp³-hybridized carbons (Fsp3) is 0.591. The molecule has 30 heavy (non-hydrogen) atoms. The Balaban J connectivity index is 1.42. The van der Waals surface area contributed by atoms with Crippen molar-refractivity contribution in [3.8, 4) is 0 Å². The molecule has 1 unspecified atom stereocenters. The third kappa shape index (κ3) is 4.49. The zero-order valence-electron chi connectivity index (χ0n) is 17.3. The second-order valence-corrected chi connectivity index (χ2v) is 8.41. The van der Waals surface area contributed by atoms with Gasteiger partial charge in [-0.05, 0) is 18.4 Å². The minimum absolute atomic E-state index is 0.221. The normalized spacial score (nSPS) is 22.7. The fourth-order valence-corrected chi connectivity index (χ4v) is 4.66. The molecule has 0 aromatic heterocycles. The number of hydrogen-bond acceptors (Lipinski definition) is 5. The molecule has 1 aliphatic carbocycles. The van der Waals surface area contributed by atoms with Crippen LogP contribution in [0.3, 0.4) is 0 Å². The lowest BCUT2D eigenvalue weighted by Gasteiger charge is -2.31. The Morgan fingerprint density at radius 3 is 2.50 bits per heavy atom. The summed E-state index contributed by atoms with van der Waals surface area (Å²) in [5.74, 6) is -0.583. The minimum Gasteiger partial charge on any atom is -0.379 e. The van der Waals surface area contributed by atoms with Gasteiger partial charge in [0.2, 0.25) is 5.91 Å². The first-order valence-corrected chi connectivity index (χ1v) is 10.9. The lowest BCUT2D eigenvalue weighted by Crippen LogP contribution is -2.49. The van der Waals surface area contributed by atoms with E-state index in [9.17, 15) is 14.4 Å². The standard InChI is InChI=1S/C22H30N4O4/c27-19(16-26-20(28)22(24-21(26)29)9-5-2-6-10-22)23-18(17-7-3-1-4-8-17)15-25-11-13-30-14-12-25/h1,3-4,7-8,18H,2,5-6,9-16H2,(H,23,27)(H,24,29). The van der Waals surface area contributed by atoms with Crippen LogP contribution in [0.4, 0.5) is 4.79 Å². The highest BCUT2D eigenvalue weighted by Gasteiger charge is 2.51. The Hall–Kier alpha value is -2.45. The molecule has 162 valence electrons. The predicted octanol–water partition coefficient (Wildman–Crippen LogP) is 1.43. The topological polar surface area (TPSA) is 91.0 Å². The van der Waals surface area contributed by atoms with Gasteiger partial charge in [-0.25, -0.2) is 4.79 Å². The molecule has 1 saturated carbocycles. The molecule has 3 aliphatic rings. The van der Waals surface area contributed by atoms with Crippen molar-refractivity contribution in [3.63, 3.8) is 0 Å². The summed E-state index contributed by atoms with van der Waals surface area (Å²) in [5, 5.41) is 5.91. The third-order valence-electron chi connectivity index (χ3n) is 6.34. The minimum atomic E-state index is -0.803. The SMILES string of the molecule is O=C(CN1C(=O)NC2(CCCCC2)C1=O)NC(CN1CCOCC1)c1ccccc1. The van der Waals surface area contributed by atoms with Gasteiger partial charge < -0.3 is 15.4 Å². The van der Waals surface area contributed by atoms with E-state index in [0.29, 0.717) is 32.6 Å². The fourth-order valence-electron chi connectivity index (χ4n) is 4.66. The van der Waals surface area contributed by atoms with E-state index in [1.54, 1.807) is 0 Å². The molecule has 0 bridgehead atoms. The molecule has 4 rings (SSSR count). The summed E-state index contributed by atoms with van der Waals surface area (Å²) in [5.41, 5.74) is 0.195. The van der Waals surface area contributed by atoms with Gasteiger partial charge in [0.15, 0.2) is 0 Å².